The maximum atomic E-state index is 13.0. The summed E-state index contributed by atoms with van der Waals surface area (Å²) in [6, 6.07) is 8.45. The van der Waals surface area contributed by atoms with Crippen LogP contribution in [0.2, 0.25) is 0 Å². The van der Waals surface area contributed by atoms with Crippen molar-refractivity contribution in [2.75, 3.05) is 26.2 Å². The predicted octanol–water partition coefficient (Wildman–Crippen LogP) is 3.80. The molecule has 3 heterocycles. The van der Waals surface area contributed by atoms with Crippen molar-refractivity contribution in [1.29, 1.82) is 0 Å². The highest BCUT2D eigenvalue weighted by Gasteiger charge is 2.32. The van der Waals surface area contributed by atoms with E-state index in [1.165, 1.54) is 11.6 Å². The van der Waals surface area contributed by atoms with Crippen molar-refractivity contribution in [3.63, 3.8) is 0 Å². The number of carbonyl (C=O) groups is 2. The molecule has 0 aliphatic carbocycles. The third-order valence-electron chi connectivity index (χ3n) is 6.94. The van der Waals surface area contributed by atoms with E-state index in [-0.39, 0.29) is 24.4 Å². The maximum Gasteiger partial charge on any atom is 0.416 e. The van der Waals surface area contributed by atoms with Crippen molar-refractivity contribution < 1.29 is 22.8 Å². The molecule has 2 aliphatic heterocycles. The van der Waals surface area contributed by atoms with Gasteiger partial charge in [0.2, 0.25) is 5.91 Å². The highest BCUT2D eigenvalue weighted by molar-refractivity contribution is 5.79. The lowest BCUT2D eigenvalue weighted by atomic mass is 9.93. The molecule has 2 N–H and O–H groups in total. The van der Waals surface area contributed by atoms with E-state index in [1.807, 2.05) is 17.0 Å². The number of halogens is 3. The van der Waals surface area contributed by atoms with Crippen LogP contribution >= 0.6 is 0 Å². The van der Waals surface area contributed by atoms with Gasteiger partial charge < -0.3 is 15.5 Å². The Kier molecular flexibility index (Phi) is 8.45. The standard InChI is InChI=1S/C26H32F3N5O2/c27-26(28,29)22-3-1-2-20(16-22)17-31-25(36)32-23-8-14-34(15-9-23)24(35)21-6-12-33(13-7-21)18-19-4-10-30-11-5-19/h1-5,10-11,16,21,23H,6-9,12-15,17-18H2,(H2,31,32,36). The largest absolute Gasteiger partial charge is 0.416 e. The van der Waals surface area contributed by atoms with E-state index in [2.05, 4.69) is 20.5 Å². The molecule has 194 valence electrons. The average Bonchev–Trinajstić information content (AvgIpc) is 2.88. The molecule has 4 rings (SSSR count). The minimum absolute atomic E-state index is 0.00689. The van der Waals surface area contributed by atoms with Gasteiger partial charge in [-0.2, -0.15) is 13.2 Å². The van der Waals surface area contributed by atoms with Crippen molar-refractivity contribution in [1.82, 2.24) is 25.4 Å². The molecule has 0 atom stereocenters. The lowest BCUT2D eigenvalue weighted by Gasteiger charge is -2.37. The first-order valence-corrected chi connectivity index (χ1v) is 12.4. The SMILES string of the molecule is O=C(NCc1cccc(C(F)(F)F)c1)NC1CCN(C(=O)C2CCN(Cc3ccncc3)CC2)CC1. The normalized spacial score (nSPS) is 18.1. The zero-order valence-electron chi connectivity index (χ0n) is 20.1. The topological polar surface area (TPSA) is 77.6 Å². The molecule has 2 aliphatic rings. The van der Waals surface area contributed by atoms with Crippen LogP contribution in [0.4, 0.5) is 18.0 Å². The first kappa shape index (κ1) is 25.9. The van der Waals surface area contributed by atoms with E-state index in [1.54, 1.807) is 18.5 Å². The zero-order valence-corrected chi connectivity index (χ0v) is 20.1. The Labute approximate surface area is 209 Å². The predicted molar refractivity (Wildman–Crippen MR) is 129 cm³/mol. The molecule has 2 saturated heterocycles. The lowest BCUT2D eigenvalue weighted by molar-refractivity contribution is -0.138. The first-order valence-electron chi connectivity index (χ1n) is 12.4. The average molecular weight is 504 g/mol. The number of hydrogen-bond acceptors (Lipinski definition) is 4. The van der Waals surface area contributed by atoms with E-state index in [4.69, 9.17) is 0 Å². The number of likely N-dealkylation sites (tertiary alicyclic amines) is 2. The minimum Gasteiger partial charge on any atom is -0.342 e. The van der Waals surface area contributed by atoms with Gasteiger partial charge in [-0.15, -0.1) is 0 Å². The van der Waals surface area contributed by atoms with Crippen LogP contribution in [0.1, 0.15) is 42.4 Å². The Morgan fingerprint density at radius 3 is 2.31 bits per heavy atom. The van der Waals surface area contributed by atoms with Gasteiger partial charge in [-0.25, -0.2) is 4.79 Å². The van der Waals surface area contributed by atoms with Gasteiger partial charge in [0.05, 0.1) is 5.56 Å². The Morgan fingerprint density at radius 1 is 0.944 bits per heavy atom. The van der Waals surface area contributed by atoms with Crippen LogP contribution in [0.15, 0.2) is 48.8 Å². The van der Waals surface area contributed by atoms with Gasteiger partial charge in [0.15, 0.2) is 0 Å². The Bertz CT molecular complexity index is 1020. The van der Waals surface area contributed by atoms with Crippen LogP contribution in [-0.4, -0.2) is 58.9 Å². The summed E-state index contributed by atoms with van der Waals surface area (Å²) < 4.78 is 38.5. The van der Waals surface area contributed by atoms with Gasteiger partial charge in [-0.1, -0.05) is 12.1 Å². The fraction of sp³-hybridized carbons (Fsp3) is 0.500. The van der Waals surface area contributed by atoms with Crippen LogP contribution in [0, 0.1) is 5.92 Å². The quantitative estimate of drug-likeness (QED) is 0.629. The van der Waals surface area contributed by atoms with Crippen LogP contribution in [-0.2, 0) is 24.1 Å². The van der Waals surface area contributed by atoms with E-state index in [0.717, 1.165) is 44.6 Å². The summed E-state index contributed by atoms with van der Waals surface area (Å²) in [5.74, 6) is 0.241. The van der Waals surface area contributed by atoms with E-state index >= 15 is 0 Å². The van der Waals surface area contributed by atoms with Gasteiger partial charge >= 0.3 is 12.2 Å². The zero-order chi connectivity index (χ0) is 25.5. The number of amides is 3. The second-order valence-electron chi connectivity index (χ2n) is 9.53. The summed E-state index contributed by atoms with van der Waals surface area (Å²) >= 11 is 0. The van der Waals surface area contributed by atoms with Crippen molar-refractivity contribution in [2.24, 2.45) is 5.92 Å². The molecule has 1 aromatic heterocycles. The molecule has 2 fully saturated rings. The van der Waals surface area contributed by atoms with Crippen LogP contribution in [0.5, 0.6) is 0 Å². The molecule has 0 bridgehead atoms. The third kappa shape index (κ3) is 7.19. The number of nitrogens with one attached hydrogen (secondary N) is 2. The van der Waals surface area contributed by atoms with Gasteiger partial charge in [0, 0.05) is 50.5 Å². The smallest absolute Gasteiger partial charge is 0.342 e. The second kappa shape index (κ2) is 11.7. The summed E-state index contributed by atoms with van der Waals surface area (Å²) in [6.45, 7) is 3.85. The highest BCUT2D eigenvalue weighted by Crippen LogP contribution is 2.29. The molecule has 0 saturated carbocycles. The van der Waals surface area contributed by atoms with E-state index in [0.29, 0.717) is 31.5 Å². The molecule has 36 heavy (non-hydrogen) atoms. The van der Waals surface area contributed by atoms with Gasteiger partial charge in [-0.05, 0) is 74.2 Å². The molecule has 7 nitrogen and oxygen atoms in total. The Morgan fingerprint density at radius 2 is 1.64 bits per heavy atom. The number of urea groups is 1. The number of nitrogens with zero attached hydrogens (tertiary/aromatic N) is 3. The maximum absolute atomic E-state index is 13.0. The van der Waals surface area contributed by atoms with E-state index in [9.17, 15) is 22.8 Å². The van der Waals surface area contributed by atoms with Gasteiger partial charge in [0.1, 0.15) is 0 Å². The van der Waals surface area contributed by atoms with Crippen LogP contribution in [0.3, 0.4) is 0 Å². The van der Waals surface area contributed by atoms with E-state index < -0.39 is 17.8 Å². The van der Waals surface area contributed by atoms with Gasteiger partial charge in [0.25, 0.3) is 0 Å². The fourth-order valence-corrected chi connectivity index (χ4v) is 4.86. The number of alkyl halides is 3. The first-order chi connectivity index (χ1) is 17.3. The Hall–Kier alpha value is -3.14. The summed E-state index contributed by atoms with van der Waals surface area (Å²) in [6.07, 6.45) is 2.18. The monoisotopic (exact) mass is 503 g/mol. The summed E-state index contributed by atoms with van der Waals surface area (Å²) in [7, 11) is 0. The second-order valence-corrected chi connectivity index (χ2v) is 9.53. The molecular weight excluding hydrogens is 471 g/mol. The molecule has 0 spiro atoms. The molecule has 3 amide bonds. The van der Waals surface area contributed by atoms with Gasteiger partial charge in [-0.3, -0.25) is 14.7 Å². The van der Waals surface area contributed by atoms with Crippen LogP contribution < -0.4 is 10.6 Å². The number of piperidine rings is 2. The number of pyridine rings is 1. The molecule has 10 heteroatoms. The minimum atomic E-state index is -4.42. The number of aromatic nitrogens is 1. The Balaban J connectivity index is 1.15. The lowest BCUT2D eigenvalue weighted by Crippen LogP contribution is -2.50. The van der Waals surface area contributed by atoms with Crippen molar-refractivity contribution in [3.8, 4) is 0 Å². The number of carbonyl (C=O) groups excluding carboxylic acids is 2. The van der Waals surface area contributed by atoms with Crippen molar-refractivity contribution in [3.05, 3.63) is 65.5 Å². The summed E-state index contributed by atoms with van der Waals surface area (Å²) in [5, 5.41) is 5.51. The summed E-state index contributed by atoms with van der Waals surface area (Å²) in [5.41, 5.74) is 0.870. The van der Waals surface area contributed by atoms with Crippen LogP contribution in [0.25, 0.3) is 0 Å². The fourth-order valence-electron chi connectivity index (χ4n) is 4.86. The number of benzene rings is 1. The highest BCUT2D eigenvalue weighted by atomic mass is 19.4. The number of hydrogen-bond donors (Lipinski definition) is 2. The molecule has 0 unspecified atom stereocenters. The van der Waals surface area contributed by atoms with Crippen molar-refractivity contribution in [2.45, 2.75) is 51.0 Å². The molecule has 0 radical (unpaired) electrons. The molecule has 1 aromatic carbocycles. The summed E-state index contributed by atoms with van der Waals surface area (Å²) in [4.78, 5) is 33.6. The van der Waals surface area contributed by atoms with Crippen molar-refractivity contribution >= 4 is 11.9 Å². The number of rotatable bonds is 6. The molecule has 2 aromatic rings. The third-order valence-corrected chi connectivity index (χ3v) is 6.94. The molecular formula is C26H32F3N5O2.